The fourth-order valence-corrected chi connectivity index (χ4v) is 6.32. The first-order valence-corrected chi connectivity index (χ1v) is 14.9. The van der Waals surface area contributed by atoms with Gasteiger partial charge < -0.3 is 14.5 Å². The third-order valence-corrected chi connectivity index (χ3v) is 8.74. The summed E-state index contributed by atoms with van der Waals surface area (Å²) in [6.07, 6.45) is 3.51. The van der Waals surface area contributed by atoms with Crippen LogP contribution in [0.4, 0.5) is 0 Å². The van der Waals surface area contributed by atoms with E-state index in [2.05, 4.69) is 29.0 Å². The van der Waals surface area contributed by atoms with Gasteiger partial charge in [0.05, 0.1) is 12.6 Å². The van der Waals surface area contributed by atoms with Crippen molar-refractivity contribution in [2.45, 2.75) is 31.3 Å². The molecule has 1 aliphatic rings. The molecule has 0 aliphatic heterocycles. The van der Waals surface area contributed by atoms with Crippen LogP contribution in [0.5, 0.6) is 11.5 Å². The lowest BCUT2D eigenvalue weighted by Crippen LogP contribution is -2.41. The monoisotopic (exact) mass is 593 g/mol. The lowest BCUT2D eigenvalue weighted by atomic mass is 9.71. The number of aromatic nitrogens is 3. The fourth-order valence-electron chi connectivity index (χ4n) is 6.32. The number of hydrogen-bond donors (Lipinski definition) is 1. The van der Waals surface area contributed by atoms with E-state index in [9.17, 15) is 9.59 Å². The zero-order valence-corrected chi connectivity index (χ0v) is 25.0. The van der Waals surface area contributed by atoms with Gasteiger partial charge in [0.15, 0.2) is 11.6 Å². The Bertz CT molecular complexity index is 2020. The highest BCUT2D eigenvalue weighted by atomic mass is 16.5. The number of H-pyrrole nitrogens is 1. The summed E-state index contributed by atoms with van der Waals surface area (Å²) >= 11 is 0. The molecule has 0 bridgehead atoms. The molecule has 7 rings (SSSR count). The van der Waals surface area contributed by atoms with E-state index < -0.39 is 5.41 Å². The first-order valence-electron chi connectivity index (χ1n) is 14.9. The molecule has 2 unspecified atom stereocenters. The molecule has 1 aliphatic carbocycles. The summed E-state index contributed by atoms with van der Waals surface area (Å²) in [4.78, 5) is 42.0. The number of rotatable bonds is 9. The molecular weight excluding hydrogens is 562 g/mol. The van der Waals surface area contributed by atoms with Crippen molar-refractivity contribution in [1.29, 1.82) is 0 Å². The Kier molecular flexibility index (Phi) is 7.22. The first-order chi connectivity index (χ1) is 22.0. The van der Waals surface area contributed by atoms with Gasteiger partial charge in [-0.15, -0.1) is 0 Å². The molecule has 4 aromatic carbocycles. The minimum atomic E-state index is -1.54. The van der Waals surface area contributed by atoms with Crippen LogP contribution >= 0.6 is 0 Å². The zero-order chi connectivity index (χ0) is 31.0. The van der Waals surface area contributed by atoms with Crippen LogP contribution in [-0.4, -0.2) is 33.6 Å². The molecule has 222 valence electrons. The highest BCUT2D eigenvalue weighted by Crippen LogP contribution is 2.46. The topological polar surface area (TPSA) is 94.2 Å². The van der Waals surface area contributed by atoms with Crippen LogP contribution in [0.2, 0.25) is 0 Å². The number of ether oxygens (including phenoxy) is 2. The van der Waals surface area contributed by atoms with E-state index in [1.165, 1.54) is 0 Å². The summed E-state index contributed by atoms with van der Waals surface area (Å²) in [6.45, 7) is 2.42. The van der Waals surface area contributed by atoms with Crippen molar-refractivity contribution in [2.75, 3.05) is 7.11 Å². The summed E-state index contributed by atoms with van der Waals surface area (Å²) in [5.74, 6) is 1.20. The number of carbonyl (C=O) groups excluding carboxylic acids is 2. The van der Waals surface area contributed by atoms with E-state index in [4.69, 9.17) is 14.5 Å². The van der Waals surface area contributed by atoms with Gasteiger partial charge in [-0.05, 0) is 59.5 Å². The number of Topliss-reactive ketones (excluding diaryl/α,β-unsaturated/α-hetero) is 2. The van der Waals surface area contributed by atoms with E-state index in [-0.39, 0.29) is 23.9 Å². The number of pyridine rings is 1. The highest BCUT2D eigenvalue weighted by Gasteiger charge is 2.55. The third kappa shape index (κ3) is 4.86. The van der Waals surface area contributed by atoms with Crippen molar-refractivity contribution in [3.63, 3.8) is 0 Å². The molecule has 0 saturated carbocycles. The molecule has 6 aromatic rings. The average Bonchev–Trinajstić information content (AvgIpc) is 3.63. The quantitative estimate of drug-likeness (QED) is 0.177. The Hall–Kier alpha value is -5.56. The molecule has 0 saturated heterocycles. The summed E-state index contributed by atoms with van der Waals surface area (Å²) in [6, 6.07) is 32.4. The third-order valence-electron chi connectivity index (χ3n) is 8.74. The normalized spacial score (nSPS) is 16.5. The molecule has 0 fully saturated rings. The summed E-state index contributed by atoms with van der Waals surface area (Å²) < 4.78 is 11.8. The molecule has 2 atom stereocenters. The maximum atomic E-state index is 14.8. The molecule has 1 N–H and O–H groups in total. The molecule has 2 heterocycles. The molecule has 45 heavy (non-hydrogen) atoms. The lowest BCUT2D eigenvalue weighted by Gasteiger charge is -2.27. The van der Waals surface area contributed by atoms with Gasteiger partial charge in [0.1, 0.15) is 34.9 Å². The van der Waals surface area contributed by atoms with Crippen LogP contribution in [0.3, 0.4) is 0 Å². The van der Waals surface area contributed by atoms with Gasteiger partial charge in [-0.3, -0.25) is 14.6 Å². The molecule has 0 radical (unpaired) electrons. The SMILES string of the molecule is COc1ccc(C2(Cc3ccncc3)C(=O)c3ccc(OCc4ccccc4)cc3C2=O)c2[nH]c(C(C)c3ccccc3)nc12. The summed E-state index contributed by atoms with van der Waals surface area (Å²) in [5, 5.41) is 0. The highest BCUT2D eigenvalue weighted by molar-refractivity contribution is 6.34. The smallest absolute Gasteiger partial charge is 0.182 e. The Morgan fingerprint density at radius 3 is 2.24 bits per heavy atom. The summed E-state index contributed by atoms with van der Waals surface area (Å²) in [5.41, 5.74) is 3.85. The Morgan fingerprint density at radius 2 is 1.51 bits per heavy atom. The second-order valence-corrected chi connectivity index (χ2v) is 11.4. The fraction of sp³-hybridized carbons (Fsp3) is 0.158. The predicted molar refractivity (Wildman–Crippen MR) is 172 cm³/mol. The molecule has 0 spiro atoms. The van der Waals surface area contributed by atoms with Crippen molar-refractivity contribution in [3.8, 4) is 11.5 Å². The molecule has 0 amide bonds. The summed E-state index contributed by atoms with van der Waals surface area (Å²) in [7, 11) is 1.59. The first kappa shape index (κ1) is 28.2. The van der Waals surface area contributed by atoms with Crippen LogP contribution in [0.15, 0.2) is 116 Å². The van der Waals surface area contributed by atoms with Gasteiger partial charge in [0.2, 0.25) is 0 Å². The van der Waals surface area contributed by atoms with E-state index in [0.29, 0.717) is 51.7 Å². The van der Waals surface area contributed by atoms with E-state index in [1.54, 1.807) is 43.8 Å². The second-order valence-electron chi connectivity index (χ2n) is 11.4. The van der Waals surface area contributed by atoms with Crippen LogP contribution in [0.1, 0.15) is 61.6 Å². The maximum Gasteiger partial charge on any atom is 0.182 e. The minimum Gasteiger partial charge on any atom is -0.494 e. The number of imidazole rings is 1. The van der Waals surface area contributed by atoms with Crippen LogP contribution in [0, 0.1) is 0 Å². The largest absolute Gasteiger partial charge is 0.494 e. The number of aromatic amines is 1. The van der Waals surface area contributed by atoms with Crippen LogP contribution in [0.25, 0.3) is 11.0 Å². The van der Waals surface area contributed by atoms with Crippen molar-refractivity contribution < 1.29 is 19.1 Å². The predicted octanol–water partition coefficient (Wildman–Crippen LogP) is 7.26. The Labute approximate surface area is 260 Å². The average molecular weight is 594 g/mol. The molecule has 2 aromatic heterocycles. The van der Waals surface area contributed by atoms with Gasteiger partial charge >= 0.3 is 0 Å². The minimum absolute atomic E-state index is 0.0659. The number of nitrogens with one attached hydrogen (secondary N) is 1. The van der Waals surface area contributed by atoms with Crippen molar-refractivity contribution in [1.82, 2.24) is 15.0 Å². The lowest BCUT2D eigenvalue weighted by molar-refractivity contribution is 0.0794. The van der Waals surface area contributed by atoms with Gasteiger partial charge in [0.25, 0.3) is 0 Å². The standard InChI is InChI=1S/C38H31N3O4/c1-24(27-11-7-4-8-12-27)37-40-33-31(15-16-32(44-2)34(33)41-37)38(22-25-17-19-39-20-18-25)35(42)29-14-13-28(21-30(29)36(38)43)45-23-26-9-5-3-6-10-26/h3-21,24H,22-23H2,1-2H3,(H,40,41). The van der Waals surface area contributed by atoms with E-state index >= 15 is 0 Å². The Morgan fingerprint density at radius 1 is 0.800 bits per heavy atom. The molecule has 7 nitrogen and oxygen atoms in total. The maximum absolute atomic E-state index is 14.8. The van der Waals surface area contributed by atoms with Crippen LogP contribution in [-0.2, 0) is 18.4 Å². The second kappa shape index (κ2) is 11.5. The number of methoxy groups -OCH3 is 1. The number of carbonyl (C=O) groups is 2. The van der Waals surface area contributed by atoms with Gasteiger partial charge in [-0.1, -0.05) is 73.7 Å². The zero-order valence-electron chi connectivity index (χ0n) is 25.0. The van der Waals surface area contributed by atoms with Crippen molar-refractivity contribution >= 4 is 22.6 Å². The van der Waals surface area contributed by atoms with Crippen LogP contribution < -0.4 is 9.47 Å². The van der Waals surface area contributed by atoms with Crippen molar-refractivity contribution in [2.24, 2.45) is 0 Å². The molecular formula is C38H31N3O4. The van der Waals surface area contributed by atoms with Gasteiger partial charge in [0, 0.05) is 35.0 Å². The van der Waals surface area contributed by atoms with Gasteiger partial charge in [-0.2, -0.15) is 0 Å². The Balaban J connectivity index is 1.37. The number of ketones is 2. The van der Waals surface area contributed by atoms with E-state index in [1.807, 2.05) is 66.7 Å². The van der Waals surface area contributed by atoms with Gasteiger partial charge in [-0.25, -0.2) is 4.98 Å². The number of fused-ring (bicyclic) bond motifs is 2. The number of hydrogen-bond acceptors (Lipinski definition) is 6. The molecule has 7 heteroatoms. The van der Waals surface area contributed by atoms with E-state index in [0.717, 1.165) is 16.7 Å². The number of benzene rings is 4. The number of nitrogens with zero attached hydrogens (tertiary/aromatic N) is 2. The van der Waals surface area contributed by atoms with Crippen molar-refractivity contribution in [3.05, 3.63) is 155 Å².